The number of hydrogen-bond donors (Lipinski definition) is 1. The highest BCUT2D eigenvalue weighted by Gasteiger charge is 2.40. The van der Waals surface area contributed by atoms with Crippen molar-refractivity contribution in [1.82, 2.24) is 0 Å². The number of thioether (sulfide) groups is 1. The largest absolute Gasteiger partial charge is 0.497 e. The number of anilines is 2. The molecule has 0 saturated heterocycles. The molecule has 0 unspecified atom stereocenters. The van der Waals surface area contributed by atoms with E-state index in [1.165, 1.54) is 11.8 Å². The number of amides is 2. The van der Waals surface area contributed by atoms with E-state index in [1.807, 2.05) is 42.5 Å². The van der Waals surface area contributed by atoms with Gasteiger partial charge in [0.25, 0.3) is 11.8 Å². The first-order chi connectivity index (χ1) is 14.6. The van der Waals surface area contributed by atoms with E-state index >= 15 is 0 Å². The van der Waals surface area contributed by atoms with Crippen molar-refractivity contribution < 1.29 is 14.3 Å². The minimum Gasteiger partial charge on any atom is -0.497 e. The van der Waals surface area contributed by atoms with Gasteiger partial charge in [-0.2, -0.15) is 0 Å². The van der Waals surface area contributed by atoms with Gasteiger partial charge in [-0.1, -0.05) is 47.6 Å². The minimum absolute atomic E-state index is 0.219. The third kappa shape index (κ3) is 4.06. The quantitative estimate of drug-likeness (QED) is 0.529. The van der Waals surface area contributed by atoms with Crippen molar-refractivity contribution in [3.05, 3.63) is 94.5 Å². The maximum Gasteiger partial charge on any atom is 0.283 e. The van der Waals surface area contributed by atoms with Gasteiger partial charge in [-0.3, -0.25) is 9.59 Å². The van der Waals surface area contributed by atoms with Gasteiger partial charge in [-0.05, 0) is 48.5 Å². The molecule has 4 rings (SSSR count). The Morgan fingerprint density at radius 1 is 0.900 bits per heavy atom. The molecule has 0 saturated carbocycles. The molecule has 5 nitrogen and oxygen atoms in total. The second kappa shape index (κ2) is 8.65. The first kappa shape index (κ1) is 20.1. The number of halogens is 1. The fraction of sp³-hybridized carbons (Fsp3) is 0.0435. The minimum atomic E-state index is -0.427. The van der Waals surface area contributed by atoms with Crippen LogP contribution < -0.4 is 15.0 Å². The molecule has 3 aromatic rings. The lowest BCUT2D eigenvalue weighted by atomic mass is 10.2. The van der Waals surface area contributed by atoms with Crippen LogP contribution in [0.3, 0.4) is 0 Å². The normalized spacial score (nSPS) is 13.7. The van der Waals surface area contributed by atoms with E-state index in [2.05, 4.69) is 5.32 Å². The zero-order valence-corrected chi connectivity index (χ0v) is 17.5. The van der Waals surface area contributed by atoms with E-state index in [0.29, 0.717) is 27.1 Å². The number of nitrogens with one attached hydrogen (secondary N) is 1. The first-order valence-corrected chi connectivity index (χ1v) is 10.3. The number of methoxy groups -OCH3 is 1. The highest BCUT2D eigenvalue weighted by Crippen LogP contribution is 2.38. The van der Waals surface area contributed by atoms with Crippen molar-refractivity contribution >= 4 is 46.6 Å². The molecule has 7 heteroatoms. The highest BCUT2D eigenvalue weighted by atomic mass is 35.5. The van der Waals surface area contributed by atoms with Crippen molar-refractivity contribution in [1.29, 1.82) is 0 Å². The van der Waals surface area contributed by atoms with Gasteiger partial charge in [-0.25, -0.2) is 4.90 Å². The highest BCUT2D eigenvalue weighted by molar-refractivity contribution is 8.04. The van der Waals surface area contributed by atoms with Crippen molar-refractivity contribution in [3.63, 3.8) is 0 Å². The maximum absolute atomic E-state index is 13.3. The Balaban J connectivity index is 1.74. The van der Waals surface area contributed by atoms with Crippen LogP contribution in [0.2, 0.25) is 5.02 Å². The molecule has 0 atom stereocenters. The lowest BCUT2D eigenvalue weighted by Crippen LogP contribution is -2.32. The van der Waals surface area contributed by atoms with Crippen LogP contribution in [0.4, 0.5) is 11.4 Å². The maximum atomic E-state index is 13.3. The Hall–Kier alpha value is -3.22. The van der Waals surface area contributed by atoms with Gasteiger partial charge in [0.15, 0.2) is 0 Å². The Labute approximate surface area is 183 Å². The summed E-state index contributed by atoms with van der Waals surface area (Å²) < 4.78 is 5.26. The van der Waals surface area contributed by atoms with Gasteiger partial charge >= 0.3 is 0 Å². The van der Waals surface area contributed by atoms with Gasteiger partial charge < -0.3 is 10.1 Å². The van der Waals surface area contributed by atoms with Crippen molar-refractivity contribution in [2.45, 2.75) is 4.90 Å². The number of carbonyl (C=O) groups excluding carboxylic acids is 2. The summed E-state index contributed by atoms with van der Waals surface area (Å²) in [7, 11) is 1.57. The van der Waals surface area contributed by atoms with Crippen LogP contribution in [-0.4, -0.2) is 18.9 Å². The molecule has 1 aliphatic heterocycles. The monoisotopic (exact) mass is 436 g/mol. The predicted molar refractivity (Wildman–Crippen MR) is 120 cm³/mol. The molecule has 0 fully saturated rings. The van der Waals surface area contributed by atoms with Crippen LogP contribution in [-0.2, 0) is 9.59 Å². The van der Waals surface area contributed by atoms with E-state index in [-0.39, 0.29) is 11.6 Å². The Bertz CT molecular complexity index is 1130. The van der Waals surface area contributed by atoms with Crippen LogP contribution in [0.1, 0.15) is 0 Å². The summed E-state index contributed by atoms with van der Waals surface area (Å²) in [4.78, 5) is 28.9. The third-order valence-electron chi connectivity index (χ3n) is 4.43. The summed E-state index contributed by atoms with van der Waals surface area (Å²) in [5.74, 6) is -0.172. The molecule has 0 aromatic heterocycles. The van der Waals surface area contributed by atoms with E-state index in [4.69, 9.17) is 16.3 Å². The number of ether oxygens (including phenoxy) is 1. The standard InChI is InChI=1S/C23H17ClN2O3S/c1-29-18-7-5-6-16(14-18)25-20-21(30-19-8-3-2-4-9-19)23(28)26(22(20)27)17-12-10-15(24)11-13-17/h2-14,25H,1H3. The molecular formula is C23H17ClN2O3S. The molecule has 0 aliphatic carbocycles. The predicted octanol–water partition coefficient (Wildman–Crippen LogP) is 5.34. The Morgan fingerprint density at radius 2 is 1.63 bits per heavy atom. The molecule has 0 radical (unpaired) electrons. The number of hydrogen-bond acceptors (Lipinski definition) is 5. The summed E-state index contributed by atoms with van der Waals surface area (Å²) in [5, 5.41) is 3.65. The van der Waals surface area contributed by atoms with Crippen molar-refractivity contribution in [2.24, 2.45) is 0 Å². The zero-order chi connectivity index (χ0) is 21.1. The van der Waals surface area contributed by atoms with Crippen LogP contribution in [0, 0.1) is 0 Å². The molecule has 30 heavy (non-hydrogen) atoms. The van der Waals surface area contributed by atoms with Gasteiger partial charge in [0.05, 0.1) is 12.8 Å². The summed E-state index contributed by atoms with van der Waals surface area (Å²) in [6, 6.07) is 23.2. The van der Waals surface area contributed by atoms with E-state index in [9.17, 15) is 9.59 Å². The topological polar surface area (TPSA) is 58.6 Å². The summed E-state index contributed by atoms with van der Waals surface area (Å²) in [6.45, 7) is 0. The Morgan fingerprint density at radius 3 is 2.33 bits per heavy atom. The van der Waals surface area contributed by atoms with Crippen LogP contribution in [0.15, 0.2) is 94.4 Å². The van der Waals surface area contributed by atoms with Gasteiger partial charge in [-0.15, -0.1) is 0 Å². The lowest BCUT2D eigenvalue weighted by molar-refractivity contribution is -0.120. The van der Waals surface area contributed by atoms with E-state index in [0.717, 1.165) is 9.80 Å². The zero-order valence-electron chi connectivity index (χ0n) is 16.0. The van der Waals surface area contributed by atoms with Crippen LogP contribution >= 0.6 is 23.4 Å². The van der Waals surface area contributed by atoms with E-state index in [1.54, 1.807) is 43.5 Å². The van der Waals surface area contributed by atoms with Crippen LogP contribution in [0.5, 0.6) is 5.75 Å². The number of carbonyl (C=O) groups is 2. The molecule has 1 N–H and O–H groups in total. The molecular weight excluding hydrogens is 420 g/mol. The first-order valence-electron chi connectivity index (χ1n) is 9.09. The molecule has 150 valence electrons. The molecule has 0 bridgehead atoms. The smallest absolute Gasteiger partial charge is 0.283 e. The summed E-state index contributed by atoms with van der Waals surface area (Å²) >= 11 is 7.21. The third-order valence-corrected chi connectivity index (χ3v) is 5.77. The number of imide groups is 1. The summed E-state index contributed by atoms with van der Waals surface area (Å²) in [5.41, 5.74) is 1.33. The van der Waals surface area contributed by atoms with Crippen LogP contribution in [0.25, 0.3) is 0 Å². The fourth-order valence-corrected chi connectivity index (χ4v) is 4.06. The summed E-state index contributed by atoms with van der Waals surface area (Å²) in [6.07, 6.45) is 0. The SMILES string of the molecule is COc1cccc(NC2=C(Sc3ccccc3)C(=O)N(c3ccc(Cl)cc3)C2=O)c1. The van der Waals surface area contributed by atoms with Gasteiger partial charge in [0, 0.05) is 21.7 Å². The number of nitrogens with zero attached hydrogens (tertiary/aromatic N) is 1. The second-order valence-electron chi connectivity index (χ2n) is 6.40. The Kier molecular flexibility index (Phi) is 5.79. The molecule has 1 heterocycles. The number of rotatable bonds is 6. The molecule has 2 amide bonds. The van der Waals surface area contributed by atoms with Gasteiger partial charge in [0.1, 0.15) is 16.4 Å². The van der Waals surface area contributed by atoms with E-state index < -0.39 is 5.91 Å². The number of benzene rings is 3. The average molecular weight is 437 g/mol. The van der Waals surface area contributed by atoms with Gasteiger partial charge in [0.2, 0.25) is 0 Å². The molecule has 3 aromatic carbocycles. The van der Waals surface area contributed by atoms with Crippen molar-refractivity contribution in [2.75, 3.05) is 17.3 Å². The second-order valence-corrected chi connectivity index (χ2v) is 7.92. The molecule has 0 spiro atoms. The lowest BCUT2D eigenvalue weighted by Gasteiger charge is -2.15. The fourth-order valence-electron chi connectivity index (χ4n) is 2.99. The molecule has 1 aliphatic rings. The van der Waals surface area contributed by atoms with Crippen molar-refractivity contribution in [3.8, 4) is 5.75 Å². The average Bonchev–Trinajstić information content (AvgIpc) is 2.99.